The molecule has 0 radical (unpaired) electrons. The fourth-order valence-corrected chi connectivity index (χ4v) is 2.77. The van der Waals surface area contributed by atoms with Crippen molar-refractivity contribution in [2.45, 2.75) is 45.4 Å². The highest BCUT2D eigenvalue weighted by Crippen LogP contribution is 2.27. The summed E-state index contributed by atoms with van der Waals surface area (Å²) in [5.74, 6) is 1.19. The molecule has 0 spiro atoms. The van der Waals surface area contributed by atoms with Crippen LogP contribution >= 0.6 is 11.8 Å². The molecule has 0 unspecified atom stereocenters. The third-order valence-corrected chi connectivity index (χ3v) is 4.40. The first-order valence-corrected chi connectivity index (χ1v) is 7.33. The van der Waals surface area contributed by atoms with E-state index >= 15 is 0 Å². The molecule has 96 valence electrons. The molecule has 17 heavy (non-hydrogen) atoms. The summed E-state index contributed by atoms with van der Waals surface area (Å²) in [4.78, 5) is 1.43. The molecule has 0 heterocycles. The summed E-state index contributed by atoms with van der Waals surface area (Å²) in [5, 5.41) is 0. The van der Waals surface area contributed by atoms with Crippen molar-refractivity contribution < 1.29 is 0 Å². The second-order valence-electron chi connectivity index (χ2n) is 5.59. The van der Waals surface area contributed by atoms with Crippen molar-refractivity contribution in [2.24, 2.45) is 11.1 Å². The van der Waals surface area contributed by atoms with Gasteiger partial charge in [0.25, 0.3) is 0 Å². The van der Waals surface area contributed by atoms with E-state index in [0.717, 1.165) is 6.54 Å². The van der Waals surface area contributed by atoms with Crippen LogP contribution in [-0.4, -0.2) is 12.3 Å². The molecule has 0 saturated carbocycles. The van der Waals surface area contributed by atoms with Crippen LogP contribution in [-0.2, 0) is 0 Å². The first-order valence-electron chi connectivity index (χ1n) is 6.35. The summed E-state index contributed by atoms with van der Waals surface area (Å²) in [5.41, 5.74) is 8.77. The van der Waals surface area contributed by atoms with Gasteiger partial charge in [-0.15, -0.1) is 11.8 Å². The minimum atomic E-state index is 0.294. The number of aryl methyl sites for hydroxylation is 2. The Labute approximate surface area is 110 Å². The van der Waals surface area contributed by atoms with E-state index in [0.29, 0.717) is 5.41 Å². The SMILES string of the molecule is Cc1ccc(C)c(SCCCC(C)(C)CN)c1. The van der Waals surface area contributed by atoms with Crippen molar-refractivity contribution in [3.8, 4) is 0 Å². The Hall–Kier alpha value is -0.470. The Balaban J connectivity index is 2.38. The normalized spacial score (nSPS) is 11.8. The van der Waals surface area contributed by atoms with Crippen LogP contribution in [0.15, 0.2) is 23.1 Å². The van der Waals surface area contributed by atoms with Crippen LogP contribution in [0.4, 0.5) is 0 Å². The van der Waals surface area contributed by atoms with Gasteiger partial charge >= 0.3 is 0 Å². The summed E-state index contributed by atoms with van der Waals surface area (Å²) < 4.78 is 0. The second-order valence-corrected chi connectivity index (χ2v) is 6.73. The molecule has 0 aliphatic carbocycles. The molecule has 0 atom stereocenters. The van der Waals surface area contributed by atoms with E-state index in [2.05, 4.69) is 45.9 Å². The van der Waals surface area contributed by atoms with Crippen molar-refractivity contribution in [2.75, 3.05) is 12.3 Å². The molecule has 1 aromatic carbocycles. The Bertz CT molecular complexity index is 358. The third-order valence-electron chi connectivity index (χ3n) is 3.15. The van der Waals surface area contributed by atoms with Crippen LogP contribution in [0.5, 0.6) is 0 Å². The molecular weight excluding hydrogens is 226 g/mol. The lowest BCUT2D eigenvalue weighted by Crippen LogP contribution is -2.23. The topological polar surface area (TPSA) is 26.0 Å². The smallest absolute Gasteiger partial charge is 0.0104 e. The van der Waals surface area contributed by atoms with E-state index in [1.807, 2.05) is 11.8 Å². The molecule has 0 aromatic heterocycles. The van der Waals surface area contributed by atoms with Crippen molar-refractivity contribution in [1.29, 1.82) is 0 Å². The van der Waals surface area contributed by atoms with Crippen molar-refractivity contribution >= 4 is 11.8 Å². The predicted molar refractivity (Wildman–Crippen MR) is 78.7 cm³/mol. The number of hydrogen-bond acceptors (Lipinski definition) is 2. The molecule has 0 aliphatic heterocycles. The number of rotatable bonds is 6. The zero-order valence-electron chi connectivity index (χ0n) is 11.5. The van der Waals surface area contributed by atoms with Crippen molar-refractivity contribution in [3.05, 3.63) is 29.3 Å². The van der Waals surface area contributed by atoms with E-state index in [9.17, 15) is 0 Å². The summed E-state index contributed by atoms with van der Waals surface area (Å²) >= 11 is 1.97. The fraction of sp³-hybridized carbons (Fsp3) is 0.600. The van der Waals surface area contributed by atoms with Gasteiger partial charge in [-0.3, -0.25) is 0 Å². The van der Waals surface area contributed by atoms with Gasteiger partial charge in [-0.05, 0) is 56.0 Å². The molecule has 2 N–H and O–H groups in total. The quantitative estimate of drug-likeness (QED) is 0.607. The lowest BCUT2D eigenvalue weighted by molar-refractivity contribution is 0.345. The van der Waals surface area contributed by atoms with Gasteiger partial charge in [0.15, 0.2) is 0 Å². The first-order chi connectivity index (χ1) is 7.94. The maximum absolute atomic E-state index is 5.74. The van der Waals surface area contributed by atoms with E-state index in [-0.39, 0.29) is 0 Å². The zero-order chi connectivity index (χ0) is 12.9. The van der Waals surface area contributed by atoms with Gasteiger partial charge in [-0.1, -0.05) is 31.5 Å². The summed E-state index contributed by atoms with van der Waals surface area (Å²) in [6.07, 6.45) is 2.45. The van der Waals surface area contributed by atoms with E-state index in [1.165, 1.54) is 34.6 Å². The van der Waals surface area contributed by atoms with Crippen LogP contribution in [0.1, 0.15) is 37.8 Å². The van der Waals surface area contributed by atoms with E-state index in [4.69, 9.17) is 5.73 Å². The average Bonchev–Trinajstić information content (AvgIpc) is 2.29. The van der Waals surface area contributed by atoms with E-state index < -0.39 is 0 Å². The summed E-state index contributed by atoms with van der Waals surface area (Å²) in [6.45, 7) is 9.61. The molecule has 0 aliphatic rings. The second kappa shape index (κ2) is 6.46. The maximum atomic E-state index is 5.74. The first kappa shape index (κ1) is 14.6. The zero-order valence-corrected chi connectivity index (χ0v) is 12.4. The van der Waals surface area contributed by atoms with Gasteiger partial charge in [0.05, 0.1) is 0 Å². The molecule has 1 aromatic rings. The van der Waals surface area contributed by atoms with Gasteiger partial charge in [0.2, 0.25) is 0 Å². The minimum Gasteiger partial charge on any atom is -0.330 e. The summed E-state index contributed by atoms with van der Waals surface area (Å²) in [7, 11) is 0. The highest BCUT2D eigenvalue weighted by Gasteiger charge is 2.14. The van der Waals surface area contributed by atoms with Crippen LogP contribution in [0, 0.1) is 19.3 Å². The van der Waals surface area contributed by atoms with Crippen LogP contribution in [0.2, 0.25) is 0 Å². The minimum absolute atomic E-state index is 0.294. The molecule has 0 amide bonds. The van der Waals surface area contributed by atoms with Gasteiger partial charge in [-0.2, -0.15) is 0 Å². The Morgan fingerprint density at radius 2 is 1.94 bits per heavy atom. The monoisotopic (exact) mass is 251 g/mol. The van der Waals surface area contributed by atoms with Crippen molar-refractivity contribution in [1.82, 2.24) is 0 Å². The standard InChI is InChI=1S/C15H25NS/c1-12-6-7-13(2)14(10-12)17-9-5-8-15(3,4)11-16/h6-7,10H,5,8-9,11,16H2,1-4H3. The fourth-order valence-electron chi connectivity index (χ4n) is 1.70. The van der Waals surface area contributed by atoms with Crippen LogP contribution < -0.4 is 5.73 Å². The molecule has 0 fully saturated rings. The third kappa shape index (κ3) is 5.13. The van der Waals surface area contributed by atoms with Crippen LogP contribution in [0.3, 0.4) is 0 Å². The van der Waals surface area contributed by atoms with Crippen molar-refractivity contribution in [3.63, 3.8) is 0 Å². The number of nitrogens with two attached hydrogens (primary N) is 1. The summed E-state index contributed by atoms with van der Waals surface area (Å²) in [6, 6.07) is 6.67. The lowest BCUT2D eigenvalue weighted by Gasteiger charge is -2.21. The maximum Gasteiger partial charge on any atom is 0.0104 e. The highest BCUT2D eigenvalue weighted by molar-refractivity contribution is 7.99. The van der Waals surface area contributed by atoms with E-state index in [1.54, 1.807) is 0 Å². The molecular formula is C15H25NS. The van der Waals surface area contributed by atoms with Gasteiger partial charge in [0, 0.05) is 4.90 Å². The van der Waals surface area contributed by atoms with Crippen LogP contribution in [0.25, 0.3) is 0 Å². The molecule has 1 rings (SSSR count). The molecule has 1 nitrogen and oxygen atoms in total. The average molecular weight is 251 g/mol. The number of hydrogen-bond donors (Lipinski definition) is 1. The van der Waals surface area contributed by atoms with Gasteiger partial charge in [-0.25, -0.2) is 0 Å². The Kier molecular flexibility index (Phi) is 5.54. The highest BCUT2D eigenvalue weighted by atomic mass is 32.2. The molecule has 2 heteroatoms. The van der Waals surface area contributed by atoms with Gasteiger partial charge in [0.1, 0.15) is 0 Å². The number of thioether (sulfide) groups is 1. The predicted octanol–water partition coefficient (Wildman–Crippen LogP) is 4.16. The Morgan fingerprint density at radius 1 is 1.24 bits per heavy atom. The Morgan fingerprint density at radius 3 is 2.59 bits per heavy atom. The molecule has 0 saturated heterocycles. The number of benzene rings is 1. The largest absolute Gasteiger partial charge is 0.330 e. The lowest BCUT2D eigenvalue weighted by atomic mass is 9.88. The van der Waals surface area contributed by atoms with Gasteiger partial charge < -0.3 is 5.73 Å². The molecule has 0 bridgehead atoms.